The third kappa shape index (κ3) is 4.77. The van der Waals surface area contributed by atoms with E-state index in [1.54, 1.807) is 0 Å². The molecule has 0 bridgehead atoms. The van der Waals surface area contributed by atoms with Crippen LogP contribution in [0.5, 0.6) is 0 Å². The number of sulfonamides is 1. The summed E-state index contributed by atoms with van der Waals surface area (Å²) in [6.45, 7) is 4.50. The van der Waals surface area contributed by atoms with Crippen molar-refractivity contribution in [3.63, 3.8) is 0 Å². The largest absolute Gasteiger partial charge is 0.326 e. The third-order valence-corrected chi connectivity index (χ3v) is 7.09. The van der Waals surface area contributed by atoms with Gasteiger partial charge in [-0.15, -0.1) is 0 Å². The number of nitrogens with zero attached hydrogens (tertiary/aromatic N) is 1. The number of carbonyl (C=O) groups is 1. The van der Waals surface area contributed by atoms with Crippen LogP contribution in [0, 0.1) is 25.6 Å². The molecule has 1 heterocycles. The minimum Gasteiger partial charge on any atom is -0.326 e. The number of amides is 1. The van der Waals surface area contributed by atoms with Gasteiger partial charge in [-0.3, -0.25) is 4.79 Å². The molecule has 0 radical (unpaired) electrons. The summed E-state index contributed by atoms with van der Waals surface area (Å²) in [6, 6.07) is 11.2. The van der Waals surface area contributed by atoms with E-state index in [9.17, 15) is 17.6 Å². The van der Waals surface area contributed by atoms with Crippen LogP contribution in [0.15, 0.2) is 42.5 Å². The maximum Gasteiger partial charge on any atom is 0.228 e. The van der Waals surface area contributed by atoms with Crippen molar-refractivity contribution in [3.05, 3.63) is 65.0 Å². The van der Waals surface area contributed by atoms with Gasteiger partial charge in [0.1, 0.15) is 5.82 Å². The second-order valence-electron chi connectivity index (χ2n) is 7.32. The van der Waals surface area contributed by atoms with E-state index in [-0.39, 0.29) is 18.2 Å². The summed E-state index contributed by atoms with van der Waals surface area (Å²) in [4.78, 5) is 12.7. The Morgan fingerprint density at radius 1 is 1.18 bits per heavy atom. The Labute approximate surface area is 165 Å². The molecule has 1 N–H and O–H groups in total. The average Bonchev–Trinajstić information content (AvgIpc) is 2.67. The number of piperidine rings is 1. The van der Waals surface area contributed by atoms with E-state index in [0.717, 1.165) is 16.8 Å². The highest BCUT2D eigenvalue weighted by molar-refractivity contribution is 7.88. The average molecular weight is 405 g/mol. The van der Waals surface area contributed by atoms with Crippen LogP contribution in [0.2, 0.25) is 0 Å². The summed E-state index contributed by atoms with van der Waals surface area (Å²) < 4.78 is 40.0. The van der Waals surface area contributed by atoms with Crippen LogP contribution in [0.4, 0.5) is 10.1 Å². The van der Waals surface area contributed by atoms with Gasteiger partial charge in [0.15, 0.2) is 0 Å². The van der Waals surface area contributed by atoms with Crippen LogP contribution in [-0.2, 0) is 20.6 Å². The molecule has 28 heavy (non-hydrogen) atoms. The van der Waals surface area contributed by atoms with Crippen molar-refractivity contribution >= 4 is 21.6 Å². The van der Waals surface area contributed by atoms with Crippen molar-refractivity contribution in [3.8, 4) is 0 Å². The number of halogens is 1. The van der Waals surface area contributed by atoms with Crippen molar-refractivity contribution in [2.75, 3.05) is 18.4 Å². The first-order chi connectivity index (χ1) is 13.3. The molecule has 0 aliphatic carbocycles. The first-order valence-electron chi connectivity index (χ1n) is 9.35. The lowest BCUT2D eigenvalue weighted by atomic mass is 9.98. The Hall–Kier alpha value is -2.25. The summed E-state index contributed by atoms with van der Waals surface area (Å²) in [7, 11) is -3.57. The van der Waals surface area contributed by atoms with Crippen LogP contribution in [0.1, 0.15) is 29.5 Å². The molecule has 1 aliphatic rings. The Morgan fingerprint density at radius 2 is 1.89 bits per heavy atom. The van der Waals surface area contributed by atoms with Gasteiger partial charge in [-0.05, 0) is 61.6 Å². The molecule has 0 aromatic heterocycles. The first-order valence-corrected chi connectivity index (χ1v) is 11.0. The SMILES string of the molecule is Cc1cccc(NC(=O)[C@H]2CCCN(S(=O)(=O)Cc3ccc(F)cc3)C2)c1C. The molecule has 7 heteroatoms. The molecule has 1 atom stereocenters. The van der Waals surface area contributed by atoms with Gasteiger partial charge in [-0.1, -0.05) is 24.3 Å². The number of carbonyl (C=O) groups excluding carboxylic acids is 1. The minimum atomic E-state index is -3.57. The van der Waals surface area contributed by atoms with Crippen LogP contribution in [0.3, 0.4) is 0 Å². The lowest BCUT2D eigenvalue weighted by molar-refractivity contribution is -0.120. The number of hydrogen-bond acceptors (Lipinski definition) is 3. The van der Waals surface area contributed by atoms with E-state index < -0.39 is 21.8 Å². The molecule has 0 saturated carbocycles. The van der Waals surface area contributed by atoms with Crippen molar-refractivity contribution < 1.29 is 17.6 Å². The monoisotopic (exact) mass is 404 g/mol. The lowest BCUT2D eigenvalue weighted by Gasteiger charge is -2.31. The zero-order chi connectivity index (χ0) is 20.3. The maximum absolute atomic E-state index is 13.0. The highest BCUT2D eigenvalue weighted by Crippen LogP contribution is 2.24. The third-order valence-electron chi connectivity index (χ3n) is 5.27. The molecule has 1 fully saturated rings. The predicted octanol–water partition coefficient (Wildman–Crippen LogP) is 3.62. The van der Waals surface area contributed by atoms with Gasteiger partial charge in [0.25, 0.3) is 0 Å². The van der Waals surface area contributed by atoms with Crippen LogP contribution >= 0.6 is 0 Å². The summed E-state index contributed by atoms with van der Waals surface area (Å²) in [5, 5.41) is 2.95. The smallest absolute Gasteiger partial charge is 0.228 e. The summed E-state index contributed by atoms with van der Waals surface area (Å²) in [6.07, 6.45) is 1.28. The molecule has 0 spiro atoms. The quantitative estimate of drug-likeness (QED) is 0.828. The van der Waals surface area contributed by atoms with Crippen LogP contribution in [-0.4, -0.2) is 31.7 Å². The molecule has 5 nitrogen and oxygen atoms in total. The lowest BCUT2D eigenvalue weighted by Crippen LogP contribution is -2.44. The molecule has 1 saturated heterocycles. The van der Waals surface area contributed by atoms with E-state index in [0.29, 0.717) is 24.9 Å². The number of benzene rings is 2. The minimum absolute atomic E-state index is 0.157. The summed E-state index contributed by atoms with van der Waals surface area (Å²) in [5.74, 6) is -1.15. The highest BCUT2D eigenvalue weighted by Gasteiger charge is 2.32. The van der Waals surface area contributed by atoms with Crippen molar-refractivity contribution in [2.45, 2.75) is 32.4 Å². The van der Waals surface area contributed by atoms with E-state index in [4.69, 9.17) is 0 Å². The van der Waals surface area contributed by atoms with E-state index in [1.807, 2.05) is 32.0 Å². The Morgan fingerprint density at radius 3 is 2.61 bits per heavy atom. The van der Waals surface area contributed by atoms with E-state index in [2.05, 4.69) is 5.32 Å². The first kappa shape index (κ1) is 20.5. The Bertz CT molecular complexity index is 958. The van der Waals surface area contributed by atoms with Crippen LogP contribution < -0.4 is 5.32 Å². The molecule has 2 aromatic rings. The van der Waals surface area contributed by atoms with Crippen molar-refractivity contribution in [1.29, 1.82) is 0 Å². The molecule has 150 valence electrons. The fraction of sp³-hybridized carbons (Fsp3) is 0.381. The fourth-order valence-electron chi connectivity index (χ4n) is 3.41. The number of hydrogen-bond donors (Lipinski definition) is 1. The van der Waals surface area contributed by atoms with Gasteiger partial charge in [0.2, 0.25) is 15.9 Å². The maximum atomic E-state index is 13.0. The second-order valence-corrected chi connectivity index (χ2v) is 9.29. The molecule has 3 rings (SSSR count). The van der Waals surface area contributed by atoms with Crippen molar-refractivity contribution in [2.24, 2.45) is 5.92 Å². The molecule has 1 amide bonds. The number of aryl methyl sites for hydroxylation is 1. The zero-order valence-corrected chi connectivity index (χ0v) is 16.9. The topological polar surface area (TPSA) is 66.5 Å². The molecular formula is C21H25FN2O3S. The number of anilines is 1. The highest BCUT2D eigenvalue weighted by atomic mass is 32.2. The normalized spacial score (nSPS) is 18.0. The van der Waals surface area contributed by atoms with E-state index >= 15 is 0 Å². The zero-order valence-electron chi connectivity index (χ0n) is 16.1. The molecule has 1 aliphatic heterocycles. The standard InChI is InChI=1S/C21H25FN2O3S/c1-15-5-3-7-20(16(15)2)23-21(25)18-6-4-12-24(13-18)28(26,27)14-17-8-10-19(22)11-9-17/h3,5,7-11,18H,4,6,12-14H2,1-2H3,(H,23,25)/t18-/m0/s1. The van der Waals surface area contributed by atoms with Crippen LogP contribution in [0.25, 0.3) is 0 Å². The van der Waals surface area contributed by atoms with Gasteiger partial charge < -0.3 is 5.32 Å². The Balaban J connectivity index is 1.68. The van der Waals surface area contributed by atoms with E-state index in [1.165, 1.54) is 28.6 Å². The molecular weight excluding hydrogens is 379 g/mol. The summed E-state index contributed by atoms with van der Waals surface area (Å²) >= 11 is 0. The Kier molecular flexibility index (Phi) is 6.15. The summed E-state index contributed by atoms with van der Waals surface area (Å²) in [5.41, 5.74) is 3.39. The fourth-order valence-corrected chi connectivity index (χ4v) is 5.02. The van der Waals surface area contributed by atoms with Gasteiger partial charge in [-0.25, -0.2) is 17.1 Å². The molecule has 0 unspecified atom stereocenters. The predicted molar refractivity (Wildman–Crippen MR) is 108 cm³/mol. The molecule has 2 aromatic carbocycles. The number of nitrogens with one attached hydrogen (secondary N) is 1. The van der Waals surface area contributed by atoms with Gasteiger partial charge in [0.05, 0.1) is 11.7 Å². The second kappa shape index (κ2) is 8.41. The van der Waals surface area contributed by atoms with Gasteiger partial charge >= 0.3 is 0 Å². The van der Waals surface area contributed by atoms with Gasteiger partial charge in [0, 0.05) is 18.8 Å². The van der Waals surface area contributed by atoms with Gasteiger partial charge in [-0.2, -0.15) is 0 Å². The van der Waals surface area contributed by atoms with Crippen molar-refractivity contribution in [1.82, 2.24) is 4.31 Å². The number of rotatable bonds is 5.